The van der Waals surface area contributed by atoms with Crippen molar-refractivity contribution in [1.29, 1.82) is 0 Å². The number of anilines is 1. The molecule has 1 heterocycles. The number of H-pyrrole nitrogens is 1. The maximum atomic E-state index is 5.64. The third-order valence-electron chi connectivity index (χ3n) is 3.46. The minimum atomic E-state index is 0.456. The van der Waals surface area contributed by atoms with E-state index in [9.17, 15) is 0 Å². The van der Waals surface area contributed by atoms with Gasteiger partial charge in [-0.05, 0) is 32.9 Å². The average Bonchev–Trinajstić information content (AvgIpc) is 2.64. The fourth-order valence-corrected chi connectivity index (χ4v) is 2.37. The largest absolute Gasteiger partial charge is 0.370 e. The number of hydrogen-bond acceptors (Lipinski definition) is 2. The Bertz CT molecular complexity index is 501. The summed E-state index contributed by atoms with van der Waals surface area (Å²) in [6.45, 7) is 5.07. The monoisotopic (exact) mass is 231 g/mol. The fraction of sp³-hybridized carbons (Fsp3) is 0.429. The molecule has 0 bridgehead atoms. The quantitative estimate of drug-likeness (QED) is 0.849. The first-order valence-electron chi connectivity index (χ1n) is 6.15. The van der Waals surface area contributed by atoms with E-state index in [4.69, 9.17) is 5.73 Å². The van der Waals surface area contributed by atoms with Crippen molar-refractivity contribution >= 4 is 16.6 Å². The molecule has 0 saturated carbocycles. The van der Waals surface area contributed by atoms with E-state index in [0.29, 0.717) is 6.04 Å². The van der Waals surface area contributed by atoms with Crippen LogP contribution in [-0.4, -0.2) is 24.6 Å². The lowest BCUT2D eigenvalue weighted by atomic mass is 10.1. The molecule has 1 atom stereocenters. The van der Waals surface area contributed by atoms with E-state index in [0.717, 1.165) is 13.0 Å². The van der Waals surface area contributed by atoms with Crippen molar-refractivity contribution in [3.63, 3.8) is 0 Å². The summed E-state index contributed by atoms with van der Waals surface area (Å²) < 4.78 is 0. The molecule has 92 valence electrons. The van der Waals surface area contributed by atoms with Crippen LogP contribution in [0.3, 0.4) is 0 Å². The number of benzene rings is 1. The number of nitrogens with one attached hydrogen (secondary N) is 1. The summed E-state index contributed by atoms with van der Waals surface area (Å²) in [5.74, 6) is 0. The Balaban J connectivity index is 2.43. The number of para-hydroxylation sites is 1. The molecule has 2 rings (SSSR count). The predicted molar refractivity (Wildman–Crippen MR) is 74.6 cm³/mol. The summed E-state index contributed by atoms with van der Waals surface area (Å²) in [4.78, 5) is 5.75. The molecule has 1 aromatic heterocycles. The summed E-state index contributed by atoms with van der Waals surface area (Å²) in [6, 6.07) is 8.89. The Kier molecular flexibility index (Phi) is 3.38. The molecule has 0 aliphatic heterocycles. The molecule has 1 aromatic carbocycles. The number of fused-ring (bicyclic) bond motifs is 1. The average molecular weight is 231 g/mol. The molecule has 17 heavy (non-hydrogen) atoms. The summed E-state index contributed by atoms with van der Waals surface area (Å²) in [5.41, 5.74) is 9.35. The van der Waals surface area contributed by atoms with E-state index in [1.807, 2.05) is 0 Å². The molecule has 3 nitrogen and oxygen atoms in total. The minimum Gasteiger partial charge on any atom is -0.370 e. The second kappa shape index (κ2) is 4.80. The van der Waals surface area contributed by atoms with Gasteiger partial charge in [0.15, 0.2) is 0 Å². The van der Waals surface area contributed by atoms with Crippen molar-refractivity contribution < 1.29 is 0 Å². The summed E-state index contributed by atoms with van der Waals surface area (Å²) in [7, 11) is 2.14. The molecular weight excluding hydrogens is 210 g/mol. The van der Waals surface area contributed by atoms with Crippen molar-refractivity contribution in [2.45, 2.75) is 26.3 Å². The Hall–Kier alpha value is -1.48. The van der Waals surface area contributed by atoms with Crippen molar-refractivity contribution in [1.82, 2.24) is 4.98 Å². The van der Waals surface area contributed by atoms with Gasteiger partial charge >= 0.3 is 0 Å². The molecule has 0 radical (unpaired) electrons. The lowest BCUT2D eigenvalue weighted by Gasteiger charge is -2.27. The Morgan fingerprint density at radius 1 is 1.35 bits per heavy atom. The zero-order chi connectivity index (χ0) is 12.4. The number of hydrogen-bond donors (Lipinski definition) is 2. The zero-order valence-corrected chi connectivity index (χ0v) is 10.8. The van der Waals surface area contributed by atoms with Crippen LogP contribution in [0.2, 0.25) is 0 Å². The van der Waals surface area contributed by atoms with Gasteiger partial charge in [-0.1, -0.05) is 18.2 Å². The first-order valence-corrected chi connectivity index (χ1v) is 6.15. The summed E-state index contributed by atoms with van der Waals surface area (Å²) in [5, 5.41) is 1.29. The van der Waals surface area contributed by atoms with Gasteiger partial charge in [0.05, 0.1) is 5.69 Å². The molecule has 2 aromatic rings. The van der Waals surface area contributed by atoms with Crippen LogP contribution in [0.15, 0.2) is 24.3 Å². The van der Waals surface area contributed by atoms with Crippen molar-refractivity contribution in [3.05, 3.63) is 30.0 Å². The van der Waals surface area contributed by atoms with Gasteiger partial charge in [0, 0.05) is 29.7 Å². The van der Waals surface area contributed by atoms with Gasteiger partial charge in [0.1, 0.15) is 0 Å². The van der Waals surface area contributed by atoms with E-state index >= 15 is 0 Å². The maximum Gasteiger partial charge on any atom is 0.0654 e. The maximum absolute atomic E-state index is 5.64. The van der Waals surface area contributed by atoms with Gasteiger partial charge in [0.2, 0.25) is 0 Å². The minimum absolute atomic E-state index is 0.456. The highest BCUT2D eigenvalue weighted by atomic mass is 15.1. The first kappa shape index (κ1) is 12.0. The van der Waals surface area contributed by atoms with Crippen LogP contribution in [0.1, 0.15) is 19.0 Å². The van der Waals surface area contributed by atoms with E-state index in [-0.39, 0.29) is 0 Å². The fourth-order valence-electron chi connectivity index (χ4n) is 2.37. The Labute approximate surface area is 103 Å². The highest BCUT2D eigenvalue weighted by Gasteiger charge is 2.16. The van der Waals surface area contributed by atoms with E-state index in [1.165, 1.54) is 22.3 Å². The van der Waals surface area contributed by atoms with Crippen LogP contribution in [-0.2, 0) is 0 Å². The number of aromatic nitrogens is 1. The van der Waals surface area contributed by atoms with Crippen molar-refractivity contribution in [2.24, 2.45) is 5.73 Å². The highest BCUT2D eigenvalue weighted by molar-refractivity contribution is 5.94. The molecule has 0 amide bonds. The summed E-state index contributed by atoms with van der Waals surface area (Å²) >= 11 is 0. The van der Waals surface area contributed by atoms with Gasteiger partial charge < -0.3 is 15.6 Å². The molecule has 0 spiro atoms. The molecule has 0 saturated heterocycles. The number of nitrogens with two attached hydrogens (primary N) is 1. The van der Waals surface area contributed by atoms with Gasteiger partial charge in [0.25, 0.3) is 0 Å². The third kappa shape index (κ3) is 2.15. The standard InChI is InChI=1S/C14H21N3/c1-10(8-9-15)17(3)14-11(2)16-13-7-5-4-6-12(13)14/h4-7,10,16H,8-9,15H2,1-3H3. The zero-order valence-electron chi connectivity index (χ0n) is 10.8. The third-order valence-corrected chi connectivity index (χ3v) is 3.46. The van der Waals surface area contributed by atoms with Gasteiger partial charge in [-0.2, -0.15) is 0 Å². The topological polar surface area (TPSA) is 45.0 Å². The number of aryl methyl sites for hydroxylation is 1. The molecule has 3 heteroatoms. The van der Waals surface area contributed by atoms with Crippen LogP contribution < -0.4 is 10.6 Å². The normalized spacial score (nSPS) is 12.9. The van der Waals surface area contributed by atoms with Gasteiger partial charge in [-0.25, -0.2) is 0 Å². The molecule has 0 aliphatic rings. The highest BCUT2D eigenvalue weighted by Crippen LogP contribution is 2.31. The van der Waals surface area contributed by atoms with Crippen LogP contribution in [0.5, 0.6) is 0 Å². The lowest BCUT2D eigenvalue weighted by Crippen LogP contribution is -2.31. The Morgan fingerprint density at radius 3 is 2.76 bits per heavy atom. The second-order valence-corrected chi connectivity index (χ2v) is 4.68. The van der Waals surface area contributed by atoms with Crippen LogP contribution in [0, 0.1) is 6.92 Å². The number of rotatable bonds is 4. The van der Waals surface area contributed by atoms with E-state index in [1.54, 1.807) is 0 Å². The molecule has 0 aliphatic carbocycles. The predicted octanol–water partition coefficient (Wildman–Crippen LogP) is 2.65. The molecule has 0 fully saturated rings. The van der Waals surface area contributed by atoms with Gasteiger partial charge in [-0.15, -0.1) is 0 Å². The first-order chi connectivity index (χ1) is 8.15. The van der Waals surface area contributed by atoms with Crippen molar-refractivity contribution in [3.8, 4) is 0 Å². The molecule has 1 unspecified atom stereocenters. The van der Waals surface area contributed by atoms with Crippen LogP contribution in [0.4, 0.5) is 5.69 Å². The number of aromatic amines is 1. The second-order valence-electron chi connectivity index (χ2n) is 4.68. The summed E-state index contributed by atoms with van der Waals surface area (Å²) in [6.07, 6.45) is 1.01. The Morgan fingerprint density at radius 2 is 2.06 bits per heavy atom. The SMILES string of the molecule is Cc1[nH]c2ccccc2c1N(C)C(C)CCN. The molecule has 3 N–H and O–H groups in total. The number of nitrogens with zero attached hydrogens (tertiary/aromatic N) is 1. The van der Waals surface area contributed by atoms with Crippen LogP contribution >= 0.6 is 0 Å². The lowest BCUT2D eigenvalue weighted by molar-refractivity contribution is 0.635. The molecular formula is C14H21N3. The van der Waals surface area contributed by atoms with Crippen molar-refractivity contribution in [2.75, 3.05) is 18.5 Å². The van der Waals surface area contributed by atoms with Crippen LogP contribution in [0.25, 0.3) is 10.9 Å². The van der Waals surface area contributed by atoms with E-state index in [2.05, 4.69) is 55.0 Å². The van der Waals surface area contributed by atoms with Gasteiger partial charge in [-0.3, -0.25) is 0 Å². The smallest absolute Gasteiger partial charge is 0.0654 e. The van der Waals surface area contributed by atoms with E-state index < -0.39 is 0 Å².